The molecule has 0 aliphatic carbocycles. The van der Waals surface area contributed by atoms with E-state index in [-0.39, 0.29) is 0 Å². The second kappa shape index (κ2) is 6.36. The molecule has 1 heterocycles. The lowest BCUT2D eigenvalue weighted by molar-refractivity contribution is 0.756. The zero-order chi connectivity index (χ0) is 13.8. The quantitative estimate of drug-likeness (QED) is 0.502. The van der Waals surface area contributed by atoms with Crippen molar-refractivity contribution in [2.75, 3.05) is 0 Å². The molecule has 0 amide bonds. The number of nitrogens with zero attached hydrogens (tertiary/aromatic N) is 4. The van der Waals surface area contributed by atoms with Crippen molar-refractivity contribution >= 4 is 34.4 Å². The third-order valence-electron chi connectivity index (χ3n) is 2.72. The van der Waals surface area contributed by atoms with Crippen molar-refractivity contribution in [1.82, 2.24) is 20.2 Å². The molecule has 0 aliphatic rings. The fourth-order valence-corrected chi connectivity index (χ4v) is 2.94. The molecular formula is C14H11IN4S. The molecule has 0 aliphatic heterocycles. The highest BCUT2D eigenvalue weighted by atomic mass is 127. The highest BCUT2D eigenvalue weighted by molar-refractivity contribution is 14.1. The van der Waals surface area contributed by atoms with Crippen LogP contribution in [-0.4, -0.2) is 20.2 Å². The predicted molar refractivity (Wildman–Crippen MR) is 87.9 cm³/mol. The largest absolute Gasteiger partial charge is 0.214 e. The van der Waals surface area contributed by atoms with Gasteiger partial charge in [0.25, 0.3) is 0 Å². The lowest BCUT2D eigenvalue weighted by Gasteiger charge is -2.04. The van der Waals surface area contributed by atoms with E-state index in [4.69, 9.17) is 0 Å². The number of thioether (sulfide) groups is 1. The van der Waals surface area contributed by atoms with Gasteiger partial charge in [-0.3, -0.25) is 0 Å². The molecule has 0 saturated carbocycles. The molecule has 0 radical (unpaired) electrons. The van der Waals surface area contributed by atoms with Crippen LogP contribution in [0, 0.1) is 3.57 Å². The Morgan fingerprint density at radius 1 is 1.00 bits per heavy atom. The highest BCUT2D eigenvalue weighted by Crippen LogP contribution is 2.22. The molecule has 0 spiro atoms. The minimum absolute atomic E-state index is 0.801. The lowest BCUT2D eigenvalue weighted by Crippen LogP contribution is -1.99. The van der Waals surface area contributed by atoms with E-state index in [1.165, 1.54) is 9.13 Å². The number of hydrogen-bond acceptors (Lipinski definition) is 4. The third-order valence-corrected chi connectivity index (χ3v) is 4.43. The Morgan fingerprint density at radius 2 is 1.75 bits per heavy atom. The first-order chi connectivity index (χ1) is 9.83. The second-order valence-corrected chi connectivity index (χ2v) is 6.31. The molecule has 0 bridgehead atoms. The second-order valence-electron chi connectivity index (χ2n) is 4.12. The Morgan fingerprint density at radius 3 is 2.50 bits per heavy atom. The van der Waals surface area contributed by atoms with Gasteiger partial charge in [-0.1, -0.05) is 42.1 Å². The van der Waals surface area contributed by atoms with E-state index in [1.807, 2.05) is 42.5 Å². The summed E-state index contributed by atoms with van der Waals surface area (Å²) in [5.41, 5.74) is 2.24. The maximum Gasteiger partial charge on any atom is 0.214 e. The van der Waals surface area contributed by atoms with E-state index < -0.39 is 0 Å². The molecule has 4 nitrogen and oxygen atoms in total. The first kappa shape index (κ1) is 13.6. The smallest absolute Gasteiger partial charge is 0.187 e. The number of halogens is 1. The first-order valence-corrected chi connectivity index (χ1v) is 8.10. The topological polar surface area (TPSA) is 43.6 Å². The minimum atomic E-state index is 0.801. The Kier molecular flexibility index (Phi) is 4.31. The highest BCUT2D eigenvalue weighted by Gasteiger charge is 2.08. The van der Waals surface area contributed by atoms with Gasteiger partial charge in [-0.15, -0.1) is 5.10 Å². The summed E-state index contributed by atoms with van der Waals surface area (Å²) in [5, 5.41) is 12.7. The number of rotatable bonds is 4. The van der Waals surface area contributed by atoms with E-state index >= 15 is 0 Å². The van der Waals surface area contributed by atoms with Gasteiger partial charge in [-0.2, -0.15) is 4.68 Å². The fraction of sp³-hybridized carbons (Fsp3) is 0.0714. The number of benzene rings is 2. The van der Waals surface area contributed by atoms with E-state index in [9.17, 15) is 0 Å². The summed E-state index contributed by atoms with van der Waals surface area (Å²) >= 11 is 3.91. The molecule has 2 aromatic carbocycles. The van der Waals surface area contributed by atoms with Gasteiger partial charge in [0.05, 0.1) is 5.69 Å². The van der Waals surface area contributed by atoms with Gasteiger partial charge >= 0.3 is 0 Å². The first-order valence-electron chi connectivity index (χ1n) is 6.04. The molecule has 0 saturated heterocycles. The molecule has 100 valence electrons. The maximum atomic E-state index is 4.09. The monoisotopic (exact) mass is 394 g/mol. The van der Waals surface area contributed by atoms with Crippen molar-refractivity contribution in [3.05, 3.63) is 63.7 Å². The van der Waals surface area contributed by atoms with Crippen LogP contribution in [0.2, 0.25) is 0 Å². The average molecular weight is 394 g/mol. The number of tetrazole rings is 1. The third kappa shape index (κ3) is 3.18. The Hall–Kier alpha value is -1.41. The summed E-state index contributed by atoms with van der Waals surface area (Å²) in [5.74, 6) is 0.853. The molecule has 6 heteroatoms. The van der Waals surface area contributed by atoms with Crippen LogP contribution in [-0.2, 0) is 5.75 Å². The van der Waals surface area contributed by atoms with Gasteiger partial charge in [-0.25, -0.2) is 0 Å². The molecule has 0 fully saturated rings. The zero-order valence-electron chi connectivity index (χ0n) is 10.5. The lowest BCUT2D eigenvalue weighted by atomic mass is 10.2. The van der Waals surface area contributed by atoms with Crippen LogP contribution in [0.5, 0.6) is 0 Å². The van der Waals surface area contributed by atoms with Crippen molar-refractivity contribution in [2.45, 2.75) is 10.9 Å². The van der Waals surface area contributed by atoms with E-state index in [2.05, 4.69) is 50.2 Å². The van der Waals surface area contributed by atoms with Gasteiger partial charge in [0.2, 0.25) is 5.16 Å². The van der Waals surface area contributed by atoms with E-state index in [0.29, 0.717) is 0 Å². The Balaban J connectivity index is 1.78. The van der Waals surface area contributed by atoms with Gasteiger partial charge < -0.3 is 0 Å². The summed E-state index contributed by atoms with van der Waals surface area (Å²) in [6.07, 6.45) is 0. The molecular weight excluding hydrogens is 383 g/mol. The van der Waals surface area contributed by atoms with Crippen molar-refractivity contribution in [3.63, 3.8) is 0 Å². The van der Waals surface area contributed by atoms with Crippen molar-refractivity contribution < 1.29 is 0 Å². The van der Waals surface area contributed by atoms with E-state index in [1.54, 1.807) is 16.4 Å². The zero-order valence-corrected chi connectivity index (χ0v) is 13.5. The standard InChI is InChI=1S/C14H11IN4S/c15-12-6-8-13(9-7-12)19-14(16-17-18-19)20-10-11-4-2-1-3-5-11/h1-9H,10H2. The van der Waals surface area contributed by atoms with Crippen LogP contribution in [0.25, 0.3) is 5.69 Å². The van der Waals surface area contributed by atoms with Crippen LogP contribution in [0.4, 0.5) is 0 Å². The molecule has 3 aromatic rings. The van der Waals surface area contributed by atoms with Crippen molar-refractivity contribution in [1.29, 1.82) is 0 Å². The Bertz CT molecular complexity index is 682. The van der Waals surface area contributed by atoms with Crippen LogP contribution >= 0.6 is 34.4 Å². The summed E-state index contributed by atoms with van der Waals surface area (Å²) in [4.78, 5) is 0. The summed E-state index contributed by atoms with van der Waals surface area (Å²) in [6.45, 7) is 0. The van der Waals surface area contributed by atoms with Gasteiger partial charge in [-0.05, 0) is 62.8 Å². The van der Waals surface area contributed by atoms with Crippen LogP contribution in [0.15, 0.2) is 59.8 Å². The molecule has 0 atom stereocenters. The molecule has 0 N–H and O–H groups in total. The SMILES string of the molecule is Ic1ccc(-n2nnnc2SCc2ccccc2)cc1. The van der Waals surface area contributed by atoms with Gasteiger partial charge in [0, 0.05) is 9.32 Å². The van der Waals surface area contributed by atoms with Crippen molar-refractivity contribution in [3.8, 4) is 5.69 Å². The molecule has 0 unspecified atom stereocenters. The summed E-state index contributed by atoms with van der Waals surface area (Å²) in [6, 6.07) is 18.4. The normalized spacial score (nSPS) is 10.7. The number of aromatic nitrogens is 4. The number of hydrogen-bond donors (Lipinski definition) is 0. The predicted octanol–water partition coefficient (Wildman–Crippen LogP) is 3.56. The molecule has 20 heavy (non-hydrogen) atoms. The van der Waals surface area contributed by atoms with Crippen LogP contribution in [0.1, 0.15) is 5.56 Å². The summed E-state index contributed by atoms with van der Waals surface area (Å²) < 4.78 is 2.96. The Labute approximate surface area is 134 Å². The minimum Gasteiger partial charge on any atom is -0.187 e. The molecule has 3 rings (SSSR count). The fourth-order valence-electron chi connectivity index (χ4n) is 1.74. The maximum absolute atomic E-state index is 4.09. The van der Waals surface area contributed by atoms with Crippen molar-refractivity contribution in [2.24, 2.45) is 0 Å². The van der Waals surface area contributed by atoms with Gasteiger partial charge in [0.15, 0.2) is 0 Å². The summed E-state index contributed by atoms with van der Waals surface area (Å²) in [7, 11) is 0. The van der Waals surface area contributed by atoms with Gasteiger partial charge in [0.1, 0.15) is 0 Å². The van der Waals surface area contributed by atoms with E-state index in [0.717, 1.165) is 16.6 Å². The van der Waals surface area contributed by atoms with Crippen LogP contribution in [0.3, 0.4) is 0 Å². The average Bonchev–Trinajstić information content (AvgIpc) is 2.95. The molecule has 1 aromatic heterocycles. The van der Waals surface area contributed by atoms with Crippen LogP contribution < -0.4 is 0 Å².